The highest BCUT2D eigenvalue weighted by atomic mass is 16.5. The lowest BCUT2D eigenvalue weighted by Crippen LogP contribution is -2.24. The lowest BCUT2D eigenvalue weighted by molar-refractivity contribution is 0.0945. The number of nitrogens with one attached hydrogen (secondary N) is 2. The van der Waals surface area contributed by atoms with Crippen LogP contribution >= 0.6 is 0 Å². The molecule has 0 aliphatic rings. The maximum absolute atomic E-state index is 12.0. The van der Waals surface area contributed by atoms with E-state index < -0.39 is 0 Å². The molecule has 0 saturated carbocycles. The summed E-state index contributed by atoms with van der Waals surface area (Å²) in [5.41, 5.74) is 1.21. The molecule has 2 aromatic heterocycles. The molecule has 0 aliphatic carbocycles. The summed E-state index contributed by atoms with van der Waals surface area (Å²) in [6.45, 7) is 1.84. The van der Waals surface area contributed by atoms with Gasteiger partial charge in [0, 0.05) is 39.2 Å². The maximum atomic E-state index is 12.0. The molecule has 0 atom stereocenters. The van der Waals surface area contributed by atoms with Gasteiger partial charge in [0.1, 0.15) is 11.5 Å². The van der Waals surface area contributed by atoms with Crippen molar-refractivity contribution in [2.45, 2.75) is 13.0 Å². The van der Waals surface area contributed by atoms with Crippen LogP contribution < -0.4 is 10.6 Å². The zero-order chi connectivity index (χ0) is 15.6. The summed E-state index contributed by atoms with van der Waals surface area (Å²) in [6, 6.07) is 3.72. The second-order valence-corrected chi connectivity index (χ2v) is 4.60. The molecule has 0 saturated heterocycles. The van der Waals surface area contributed by atoms with Crippen molar-refractivity contribution in [3.05, 3.63) is 48.2 Å². The van der Waals surface area contributed by atoms with Gasteiger partial charge in [-0.15, -0.1) is 0 Å². The minimum Gasteiger partial charge on any atom is -0.385 e. The third-order valence-electron chi connectivity index (χ3n) is 2.89. The minimum absolute atomic E-state index is 0.262. The molecule has 0 spiro atoms. The molecular formula is C15H19N5O2. The predicted octanol–water partition coefficient (Wildman–Crippen LogP) is 1.25. The SMILES string of the molecule is COCCCNc1cnc(C(=O)NCc2cccnc2)cn1. The van der Waals surface area contributed by atoms with Crippen LogP contribution in [0.2, 0.25) is 0 Å². The smallest absolute Gasteiger partial charge is 0.271 e. The van der Waals surface area contributed by atoms with Gasteiger partial charge in [-0.2, -0.15) is 0 Å². The van der Waals surface area contributed by atoms with Crippen LogP contribution in [0, 0.1) is 0 Å². The normalized spacial score (nSPS) is 10.2. The van der Waals surface area contributed by atoms with Gasteiger partial charge >= 0.3 is 0 Å². The number of pyridine rings is 1. The first-order valence-electron chi connectivity index (χ1n) is 7.01. The van der Waals surface area contributed by atoms with Gasteiger partial charge in [0.2, 0.25) is 0 Å². The van der Waals surface area contributed by atoms with E-state index in [4.69, 9.17) is 4.74 Å². The molecule has 0 bridgehead atoms. The topological polar surface area (TPSA) is 89.0 Å². The maximum Gasteiger partial charge on any atom is 0.271 e. The molecule has 2 heterocycles. The fourth-order valence-corrected chi connectivity index (χ4v) is 1.75. The van der Waals surface area contributed by atoms with Crippen LogP contribution in [0.3, 0.4) is 0 Å². The van der Waals surface area contributed by atoms with E-state index in [-0.39, 0.29) is 11.6 Å². The quantitative estimate of drug-likeness (QED) is 0.713. The number of hydrogen-bond donors (Lipinski definition) is 2. The van der Waals surface area contributed by atoms with E-state index in [9.17, 15) is 4.79 Å². The third kappa shape index (κ3) is 5.10. The predicted molar refractivity (Wildman–Crippen MR) is 82.4 cm³/mol. The van der Waals surface area contributed by atoms with Gasteiger partial charge in [0.25, 0.3) is 5.91 Å². The monoisotopic (exact) mass is 301 g/mol. The highest BCUT2D eigenvalue weighted by molar-refractivity contribution is 5.91. The largest absolute Gasteiger partial charge is 0.385 e. The molecule has 2 N–H and O–H groups in total. The number of amides is 1. The van der Waals surface area contributed by atoms with Gasteiger partial charge in [-0.05, 0) is 18.1 Å². The minimum atomic E-state index is -0.262. The van der Waals surface area contributed by atoms with Gasteiger partial charge in [-0.25, -0.2) is 9.97 Å². The fourth-order valence-electron chi connectivity index (χ4n) is 1.75. The van der Waals surface area contributed by atoms with Crippen molar-refractivity contribution in [1.29, 1.82) is 0 Å². The first-order chi connectivity index (χ1) is 10.8. The van der Waals surface area contributed by atoms with Crippen molar-refractivity contribution in [3.63, 3.8) is 0 Å². The highest BCUT2D eigenvalue weighted by Crippen LogP contribution is 2.02. The lowest BCUT2D eigenvalue weighted by Gasteiger charge is -2.06. The Hall–Kier alpha value is -2.54. The molecule has 22 heavy (non-hydrogen) atoms. The number of ether oxygens (including phenoxy) is 1. The van der Waals surface area contributed by atoms with Crippen molar-refractivity contribution in [2.24, 2.45) is 0 Å². The summed E-state index contributed by atoms with van der Waals surface area (Å²) in [4.78, 5) is 24.2. The molecule has 2 aromatic rings. The second-order valence-electron chi connectivity index (χ2n) is 4.60. The summed E-state index contributed by atoms with van der Waals surface area (Å²) < 4.78 is 4.96. The molecule has 7 nitrogen and oxygen atoms in total. The van der Waals surface area contributed by atoms with Gasteiger partial charge in [-0.1, -0.05) is 6.07 Å². The number of carbonyl (C=O) groups excluding carboxylic acids is 1. The summed E-state index contributed by atoms with van der Waals surface area (Å²) in [5, 5.41) is 5.89. The van der Waals surface area contributed by atoms with Gasteiger partial charge in [0.15, 0.2) is 0 Å². The molecule has 1 amide bonds. The van der Waals surface area contributed by atoms with Crippen LogP contribution in [0.5, 0.6) is 0 Å². The number of nitrogens with zero attached hydrogens (tertiary/aromatic N) is 3. The van der Waals surface area contributed by atoms with E-state index in [1.807, 2.05) is 12.1 Å². The van der Waals surface area contributed by atoms with E-state index in [1.54, 1.807) is 25.7 Å². The molecule has 116 valence electrons. The van der Waals surface area contributed by atoms with Crippen molar-refractivity contribution in [3.8, 4) is 0 Å². The van der Waals surface area contributed by atoms with Crippen LogP contribution in [0.1, 0.15) is 22.5 Å². The van der Waals surface area contributed by atoms with Crippen molar-refractivity contribution in [2.75, 3.05) is 25.6 Å². The molecule has 0 aromatic carbocycles. The zero-order valence-electron chi connectivity index (χ0n) is 12.5. The van der Waals surface area contributed by atoms with Gasteiger partial charge in [0.05, 0.1) is 12.4 Å². The Morgan fingerprint density at radius 1 is 1.27 bits per heavy atom. The fraction of sp³-hybridized carbons (Fsp3) is 0.333. The summed E-state index contributed by atoms with van der Waals surface area (Å²) in [6.07, 6.45) is 7.28. The zero-order valence-corrected chi connectivity index (χ0v) is 12.5. The molecule has 0 radical (unpaired) electrons. The Kier molecular flexibility index (Phi) is 6.25. The standard InChI is InChI=1S/C15H19N5O2/c1-22-7-3-6-17-14-11-18-13(10-19-14)15(21)20-9-12-4-2-5-16-8-12/h2,4-5,8,10-11H,3,6-7,9H2,1H3,(H,17,19)(H,20,21). The Balaban J connectivity index is 1.80. The Morgan fingerprint density at radius 3 is 2.86 bits per heavy atom. The molecule has 0 unspecified atom stereocenters. The number of carbonyl (C=O) groups is 1. The van der Waals surface area contributed by atoms with Crippen LogP contribution in [0.15, 0.2) is 36.9 Å². The molecule has 7 heteroatoms. The second kappa shape index (κ2) is 8.68. The molecule has 0 aliphatic heterocycles. The van der Waals surface area contributed by atoms with Crippen LogP contribution in [0.4, 0.5) is 5.82 Å². The average molecular weight is 301 g/mol. The summed E-state index contributed by atoms with van der Waals surface area (Å²) >= 11 is 0. The van der Waals surface area contributed by atoms with E-state index in [0.717, 1.165) is 18.5 Å². The highest BCUT2D eigenvalue weighted by Gasteiger charge is 2.07. The Bertz CT molecular complexity index is 574. The summed E-state index contributed by atoms with van der Waals surface area (Å²) in [7, 11) is 1.67. The number of methoxy groups -OCH3 is 1. The first-order valence-corrected chi connectivity index (χ1v) is 7.01. The van der Waals surface area contributed by atoms with Gasteiger partial charge in [-0.3, -0.25) is 9.78 Å². The van der Waals surface area contributed by atoms with Crippen molar-refractivity contribution >= 4 is 11.7 Å². The van der Waals surface area contributed by atoms with Crippen LogP contribution in [-0.2, 0) is 11.3 Å². The Morgan fingerprint density at radius 2 is 2.18 bits per heavy atom. The van der Waals surface area contributed by atoms with Crippen molar-refractivity contribution < 1.29 is 9.53 Å². The third-order valence-corrected chi connectivity index (χ3v) is 2.89. The molecule has 2 rings (SSSR count). The van der Waals surface area contributed by atoms with Crippen molar-refractivity contribution in [1.82, 2.24) is 20.3 Å². The van der Waals surface area contributed by atoms with E-state index in [2.05, 4.69) is 25.6 Å². The van der Waals surface area contributed by atoms with E-state index >= 15 is 0 Å². The molecule has 0 fully saturated rings. The van der Waals surface area contributed by atoms with E-state index in [0.29, 0.717) is 19.0 Å². The number of anilines is 1. The van der Waals surface area contributed by atoms with Crippen LogP contribution in [0.25, 0.3) is 0 Å². The number of aromatic nitrogens is 3. The number of hydrogen-bond acceptors (Lipinski definition) is 6. The van der Waals surface area contributed by atoms with E-state index in [1.165, 1.54) is 6.20 Å². The van der Waals surface area contributed by atoms with Gasteiger partial charge < -0.3 is 15.4 Å². The lowest BCUT2D eigenvalue weighted by atomic mass is 10.3. The average Bonchev–Trinajstić information content (AvgIpc) is 2.58. The molecular weight excluding hydrogens is 282 g/mol. The summed E-state index contributed by atoms with van der Waals surface area (Å²) in [5.74, 6) is 0.377. The Labute approximate surface area is 129 Å². The number of rotatable bonds is 8. The van der Waals surface area contributed by atoms with Crippen LogP contribution in [-0.4, -0.2) is 41.1 Å². The first kappa shape index (κ1) is 15.8.